The van der Waals surface area contributed by atoms with E-state index in [4.69, 9.17) is 15.9 Å². The minimum absolute atomic E-state index is 0.119. The number of carbonyl (C=O) groups excluding carboxylic acids is 1. The van der Waals surface area contributed by atoms with Crippen LogP contribution in [-0.4, -0.2) is 19.6 Å². The number of carbonyl (C=O) groups is 1. The normalized spacial score (nSPS) is 9.92. The number of halogens is 2. The molecule has 0 saturated heterocycles. The highest BCUT2D eigenvalue weighted by molar-refractivity contribution is 14.1. The molecular formula is C18H15FINO3. The lowest BCUT2D eigenvalue weighted by Crippen LogP contribution is -2.23. The molecule has 0 heterocycles. The summed E-state index contributed by atoms with van der Waals surface area (Å²) in [6.07, 6.45) is 5.19. The van der Waals surface area contributed by atoms with Gasteiger partial charge in [0, 0.05) is 10.1 Å². The Hall–Kier alpha value is -2.27. The summed E-state index contributed by atoms with van der Waals surface area (Å²) in [4.78, 5) is 12.2. The fourth-order valence-electron chi connectivity index (χ4n) is 2.01. The van der Waals surface area contributed by atoms with Gasteiger partial charge >= 0.3 is 0 Å². The van der Waals surface area contributed by atoms with Crippen LogP contribution in [0.5, 0.6) is 11.5 Å². The van der Waals surface area contributed by atoms with Crippen molar-refractivity contribution in [2.45, 2.75) is 6.54 Å². The molecule has 0 unspecified atom stereocenters. The third kappa shape index (κ3) is 4.61. The molecular weight excluding hydrogens is 424 g/mol. The van der Waals surface area contributed by atoms with Gasteiger partial charge in [0.15, 0.2) is 11.5 Å². The van der Waals surface area contributed by atoms with Gasteiger partial charge < -0.3 is 14.8 Å². The second-order valence-electron chi connectivity index (χ2n) is 4.78. The number of ether oxygens (including phenoxy) is 2. The maximum atomic E-state index is 13.3. The first-order valence-corrected chi connectivity index (χ1v) is 8.09. The van der Waals surface area contributed by atoms with Crippen LogP contribution < -0.4 is 14.8 Å². The minimum Gasteiger partial charge on any atom is -0.493 e. The molecule has 24 heavy (non-hydrogen) atoms. The highest BCUT2D eigenvalue weighted by Crippen LogP contribution is 2.28. The highest BCUT2D eigenvalue weighted by Gasteiger charge is 2.12. The van der Waals surface area contributed by atoms with Crippen molar-refractivity contribution in [3.8, 4) is 23.8 Å². The molecule has 1 amide bonds. The molecule has 124 valence electrons. The molecule has 2 rings (SSSR count). The molecule has 1 N–H and O–H groups in total. The molecule has 0 fully saturated rings. The Morgan fingerprint density at radius 3 is 2.79 bits per heavy atom. The largest absolute Gasteiger partial charge is 0.493 e. The average molecular weight is 439 g/mol. The van der Waals surface area contributed by atoms with Crippen molar-refractivity contribution >= 4 is 28.5 Å². The van der Waals surface area contributed by atoms with Crippen LogP contribution >= 0.6 is 22.6 Å². The smallest absolute Gasteiger partial charge is 0.252 e. The predicted octanol–water partition coefficient (Wildman–Crippen LogP) is 3.38. The van der Waals surface area contributed by atoms with E-state index < -0.39 is 5.82 Å². The highest BCUT2D eigenvalue weighted by atomic mass is 127. The molecule has 0 radical (unpaired) electrons. The van der Waals surface area contributed by atoms with Gasteiger partial charge in [-0.05, 0) is 58.5 Å². The number of hydrogen-bond acceptors (Lipinski definition) is 3. The second-order valence-corrected chi connectivity index (χ2v) is 5.95. The van der Waals surface area contributed by atoms with Gasteiger partial charge in [0.25, 0.3) is 5.91 Å². The minimum atomic E-state index is -0.449. The first-order valence-electron chi connectivity index (χ1n) is 7.01. The number of amides is 1. The van der Waals surface area contributed by atoms with E-state index in [2.05, 4.69) is 11.2 Å². The topological polar surface area (TPSA) is 47.6 Å². The van der Waals surface area contributed by atoms with E-state index in [-0.39, 0.29) is 19.1 Å². The molecule has 0 saturated carbocycles. The zero-order chi connectivity index (χ0) is 17.5. The fourth-order valence-corrected chi connectivity index (χ4v) is 2.59. The van der Waals surface area contributed by atoms with E-state index in [0.717, 1.165) is 5.56 Å². The Bertz CT molecular complexity index is 786. The molecule has 0 aliphatic carbocycles. The fraction of sp³-hybridized carbons (Fsp3) is 0.167. The van der Waals surface area contributed by atoms with Crippen LogP contribution in [0.4, 0.5) is 4.39 Å². The Balaban J connectivity index is 2.10. The summed E-state index contributed by atoms with van der Waals surface area (Å²) in [5, 5.41) is 2.76. The van der Waals surface area contributed by atoms with E-state index >= 15 is 0 Å². The molecule has 2 aromatic rings. The Morgan fingerprint density at radius 1 is 1.29 bits per heavy atom. The van der Waals surface area contributed by atoms with Crippen molar-refractivity contribution in [3.05, 3.63) is 56.9 Å². The Labute approximate surface area is 153 Å². The van der Waals surface area contributed by atoms with Crippen molar-refractivity contribution in [2.24, 2.45) is 0 Å². The zero-order valence-electron chi connectivity index (χ0n) is 12.9. The van der Waals surface area contributed by atoms with Crippen LogP contribution in [0.1, 0.15) is 15.9 Å². The van der Waals surface area contributed by atoms with Crippen molar-refractivity contribution < 1.29 is 18.7 Å². The van der Waals surface area contributed by atoms with Gasteiger partial charge in [0.2, 0.25) is 0 Å². The van der Waals surface area contributed by atoms with Crippen molar-refractivity contribution in [1.82, 2.24) is 5.32 Å². The van der Waals surface area contributed by atoms with E-state index in [0.29, 0.717) is 20.6 Å². The van der Waals surface area contributed by atoms with Crippen molar-refractivity contribution in [1.29, 1.82) is 0 Å². The molecule has 0 atom stereocenters. The van der Waals surface area contributed by atoms with Crippen LogP contribution in [0, 0.1) is 21.7 Å². The van der Waals surface area contributed by atoms with Gasteiger partial charge in [-0.3, -0.25) is 4.79 Å². The van der Waals surface area contributed by atoms with Gasteiger partial charge in [-0.2, -0.15) is 0 Å². The maximum absolute atomic E-state index is 13.3. The summed E-state index contributed by atoms with van der Waals surface area (Å²) in [5.41, 5.74) is 1.11. The van der Waals surface area contributed by atoms with Crippen LogP contribution in [-0.2, 0) is 6.54 Å². The SMILES string of the molecule is C#CCOc1cc(CNC(=O)c2cc(F)ccc2I)ccc1OC. The summed E-state index contributed by atoms with van der Waals surface area (Å²) < 4.78 is 24.6. The number of methoxy groups -OCH3 is 1. The third-order valence-electron chi connectivity index (χ3n) is 3.17. The number of nitrogens with one attached hydrogen (secondary N) is 1. The summed E-state index contributed by atoms with van der Waals surface area (Å²) >= 11 is 1.99. The summed E-state index contributed by atoms with van der Waals surface area (Å²) in [5.74, 6) is 2.65. The second kappa shape index (κ2) is 8.55. The average Bonchev–Trinajstić information content (AvgIpc) is 2.59. The number of benzene rings is 2. The van der Waals surface area contributed by atoms with Crippen LogP contribution in [0.2, 0.25) is 0 Å². The standard InChI is InChI=1S/C18H15FINO3/c1-3-8-24-17-9-12(4-7-16(17)23-2)11-21-18(22)14-10-13(19)5-6-15(14)20/h1,4-7,9-10H,8,11H2,2H3,(H,21,22). The zero-order valence-corrected chi connectivity index (χ0v) is 15.1. The molecule has 0 bridgehead atoms. The number of rotatable bonds is 6. The predicted molar refractivity (Wildman–Crippen MR) is 97.6 cm³/mol. The van der Waals surface area contributed by atoms with Gasteiger partial charge in [-0.25, -0.2) is 4.39 Å². The first-order chi connectivity index (χ1) is 11.5. The van der Waals surface area contributed by atoms with Gasteiger partial charge in [-0.1, -0.05) is 12.0 Å². The van der Waals surface area contributed by atoms with E-state index in [9.17, 15) is 9.18 Å². The molecule has 6 heteroatoms. The summed E-state index contributed by atoms with van der Waals surface area (Å²) in [6, 6.07) is 9.37. The Morgan fingerprint density at radius 2 is 2.08 bits per heavy atom. The van der Waals surface area contributed by atoms with Gasteiger partial charge in [0.05, 0.1) is 12.7 Å². The summed E-state index contributed by atoms with van der Waals surface area (Å²) in [7, 11) is 1.53. The lowest BCUT2D eigenvalue weighted by Gasteiger charge is -2.12. The number of terminal acetylenes is 1. The van der Waals surface area contributed by atoms with Gasteiger partial charge in [0.1, 0.15) is 12.4 Å². The van der Waals surface area contributed by atoms with Crippen LogP contribution in [0.3, 0.4) is 0 Å². The van der Waals surface area contributed by atoms with Crippen molar-refractivity contribution in [2.75, 3.05) is 13.7 Å². The first kappa shape index (κ1) is 18.1. The van der Waals surface area contributed by atoms with Crippen molar-refractivity contribution in [3.63, 3.8) is 0 Å². The molecule has 0 aromatic heterocycles. The van der Waals surface area contributed by atoms with E-state index in [1.807, 2.05) is 22.6 Å². The quantitative estimate of drug-likeness (QED) is 0.555. The lowest BCUT2D eigenvalue weighted by molar-refractivity contribution is 0.0949. The molecule has 2 aromatic carbocycles. The van der Waals surface area contributed by atoms with Crippen LogP contribution in [0.25, 0.3) is 0 Å². The Kier molecular flexibility index (Phi) is 6.44. The van der Waals surface area contributed by atoms with Gasteiger partial charge in [-0.15, -0.1) is 6.42 Å². The van der Waals surface area contributed by atoms with E-state index in [1.54, 1.807) is 24.3 Å². The molecule has 0 aliphatic rings. The summed E-state index contributed by atoms with van der Waals surface area (Å²) in [6.45, 7) is 0.384. The van der Waals surface area contributed by atoms with E-state index in [1.165, 1.54) is 19.2 Å². The monoisotopic (exact) mass is 439 g/mol. The molecule has 0 spiro atoms. The molecule has 4 nitrogen and oxygen atoms in total. The number of hydrogen-bond donors (Lipinski definition) is 1. The molecule has 0 aliphatic heterocycles. The maximum Gasteiger partial charge on any atom is 0.252 e. The lowest BCUT2D eigenvalue weighted by atomic mass is 10.1. The third-order valence-corrected chi connectivity index (χ3v) is 4.11. The van der Waals surface area contributed by atoms with Crippen LogP contribution in [0.15, 0.2) is 36.4 Å².